The van der Waals surface area contributed by atoms with Crippen LogP contribution in [-0.4, -0.2) is 63.8 Å². The molecule has 3 aromatic rings. The Morgan fingerprint density at radius 2 is 1.62 bits per heavy atom. The van der Waals surface area contributed by atoms with E-state index in [2.05, 4.69) is 20.5 Å². The number of benzene rings is 1. The fraction of sp³-hybridized carbons (Fsp3) is 0.304. The van der Waals surface area contributed by atoms with Gasteiger partial charge in [0.05, 0.1) is 5.52 Å². The molecule has 4 heterocycles. The van der Waals surface area contributed by atoms with Crippen molar-refractivity contribution in [3.63, 3.8) is 0 Å². The van der Waals surface area contributed by atoms with E-state index >= 15 is 0 Å². The van der Waals surface area contributed by atoms with E-state index in [-0.39, 0.29) is 11.3 Å². The van der Waals surface area contributed by atoms with Gasteiger partial charge < -0.3 is 19.5 Å². The lowest BCUT2D eigenvalue weighted by atomic mass is 10.1. The molecule has 2 aliphatic heterocycles. The highest BCUT2D eigenvalue weighted by atomic mass is 19.4. The fourth-order valence-electron chi connectivity index (χ4n) is 4.20. The van der Waals surface area contributed by atoms with Crippen LogP contribution in [-0.2, 0) is 17.8 Å². The Morgan fingerprint density at radius 3 is 2.24 bits per heavy atom. The minimum atomic E-state index is -5.08. The summed E-state index contributed by atoms with van der Waals surface area (Å²) in [7, 11) is 0. The van der Waals surface area contributed by atoms with Gasteiger partial charge in [-0.1, -0.05) is 12.1 Å². The molecular weight excluding hydrogens is 453 g/mol. The molecule has 1 fully saturated rings. The number of hydrogen-bond acceptors (Lipinski definition) is 5. The highest BCUT2D eigenvalue weighted by Gasteiger charge is 2.38. The zero-order chi connectivity index (χ0) is 24.5. The van der Waals surface area contributed by atoms with Gasteiger partial charge in [-0.3, -0.25) is 14.6 Å². The average Bonchev–Trinajstić information content (AvgIpc) is 3.25. The number of carboxylic acid groups (broad SMARTS) is 1. The molecule has 1 N–H and O–H groups in total. The second-order valence-corrected chi connectivity index (χ2v) is 7.92. The summed E-state index contributed by atoms with van der Waals surface area (Å²) >= 11 is 0. The summed E-state index contributed by atoms with van der Waals surface area (Å²) in [6.45, 7) is 3.55. The van der Waals surface area contributed by atoms with Crippen molar-refractivity contribution in [2.24, 2.45) is 0 Å². The number of halogens is 3. The van der Waals surface area contributed by atoms with Gasteiger partial charge in [-0.25, -0.2) is 4.79 Å². The number of nitrogens with zero attached hydrogens (tertiary/aromatic N) is 4. The first kappa shape index (κ1) is 23.3. The molecule has 0 radical (unpaired) electrons. The molecule has 0 atom stereocenters. The number of aromatic nitrogens is 2. The number of carbonyl (C=O) groups is 2. The number of carboxylic acids is 1. The summed E-state index contributed by atoms with van der Waals surface area (Å²) in [6.07, 6.45) is 1.15. The molecular formula is C23H21F3N4O4. The van der Waals surface area contributed by atoms with Crippen molar-refractivity contribution in [1.82, 2.24) is 14.5 Å². The number of amides is 1. The molecule has 0 spiro atoms. The number of para-hydroxylation sites is 1. The SMILES string of the molecule is O=C(O)C(F)(F)F.O=C(c1cn2c3c(cccc3c1=O)CC2)N1CCN(c2ccncc2)CC1. The second-order valence-electron chi connectivity index (χ2n) is 7.92. The monoisotopic (exact) mass is 474 g/mol. The number of aliphatic carboxylic acids is 1. The first-order chi connectivity index (χ1) is 16.2. The van der Waals surface area contributed by atoms with Crippen LogP contribution in [0.2, 0.25) is 0 Å². The maximum absolute atomic E-state index is 13.1. The van der Waals surface area contributed by atoms with Crippen LogP contribution in [0.3, 0.4) is 0 Å². The van der Waals surface area contributed by atoms with Crippen molar-refractivity contribution in [2.45, 2.75) is 19.1 Å². The molecule has 2 aliphatic rings. The molecule has 178 valence electrons. The lowest BCUT2D eigenvalue weighted by Crippen LogP contribution is -2.49. The number of carbonyl (C=O) groups excluding carboxylic acids is 1. The fourth-order valence-corrected chi connectivity index (χ4v) is 4.20. The normalized spacial score (nSPS) is 15.1. The third-order valence-corrected chi connectivity index (χ3v) is 5.87. The third kappa shape index (κ3) is 4.59. The van der Waals surface area contributed by atoms with E-state index in [1.165, 1.54) is 5.56 Å². The first-order valence-corrected chi connectivity index (χ1v) is 10.6. The Balaban J connectivity index is 0.000000344. The first-order valence-electron chi connectivity index (χ1n) is 10.6. The largest absolute Gasteiger partial charge is 0.490 e. The molecule has 0 bridgehead atoms. The van der Waals surface area contributed by atoms with E-state index in [4.69, 9.17) is 9.90 Å². The van der Waals surface area contributed by atoms with E-state index in [1.54, 1.807) is 23.5 Å². The van der Waals surface area contributed by atoms with Crippen molar-refractivity contribution in [3.8, 4) is 0 Å². The van der Waals surface area contributed by atoms with Crippen LogP contribution in [0.15, 0.2) is 53.7 Å². The zero-order valence-corrected chi connectivity index (χ0v) is 18.0. The minimum absolute atomic E-state index is 0.147. The van der Waals surface area contributed by atoms with Gasteiger partial charge in [-0.2, -0.15) is 13.2 Å². The highest BCUT2D eigenvalue weighted by molar-refractivity contribution is 5.98. The summed E-state index contributed by atoms with van der Waals surface area (Å²) < 4.78 is 33.8. The van der Waals surface area contributed by atoms with Crippen LogP contribution in [0.4, 0.5) is 18.9 Å². The van der Waals surface area contributed by atoms with Gasteiger partial charge in [0, 0.05) is 62.4 Å². The third-order valence-electron chi connectivity index (χ3n) is 5.87. The zero-order valence-electron chi connectivity index (χ0n) is 18.0. The lowest BCUT2D eigenvalue weighted by molar-refractivity contribution is -0.192. The number of aryl methyl sites for hydroxylation is 2. The van der Waals surface area contributed by atoms with Gasteiger partial charge in [-0.15, -0.1) is 0 Å². The van der Waals surface area contributed by atoms with E-state index in [1.807, 2.05) is 24.3 Å². The summed E-state index contributed by atoms with van der Waals surface area (Å²) in [5.41, 5.74) is 3.44. The Hall–Kier alpha value is -3.89. The van der Waals surface area contributed by atoms with E-state index < -0.39 is 12.1 Å². The van der Waals surface area contributed by atoms with Crippen LogP contribution in [0.25, 0.3) is 10.9 Å². The molecule has 2 aromatic heterocycles. The van der Waals surface area contributed by atoms with E-state index in [0.717, 1.165) is 37.3 Å². The van der Waals surface area contributed by atoms with Crippen molar-refractivity contribution in [1.29, 1.82) is 0 Å². The van der Waals surface area contributed by atoms with Crippen LogP contribution in [0.5, 0.6) is 0 Å². The number of rotatable bonds is 2. The van der Waals surface area contributed by atoms with Gasteiger partial charge in [0.1, 0.15) is 5.56 Å². The number of piperazine rings is 1. The Morgan fingerprint density at radius 1 is 0.971 bits per heavy atom. The predicted octanol–water partition coefficient (Wildman–Crippen LogP) is 2.55. The maximum atomic E-state index is 13.1. The van der Waals surface area contributed by atoms with Crippen molar-refractivity contribution in [2.75, 3.05) is 31.1 Å². The molecule has 1 saturated heterocycles. The van der Waals surface area contributed by atoms with Crippen molar-refractivity contribution >= 4 is 28.5 Å². The van der Waals surface area contributed by atoms with Gasteiger partial charge in [0.15, 0.2) is 0 Å². The topological polar surface area (TPSA) is 95.7 Å². The highest BCUT2D eigenvalue weighted by Crippen LogP contribution is 2.24. The van der Waals surface area contributed by atoms with Gasteiger partial charge in [0.2, 0.25) is 5.43 Å². The van der Waals surface area contributed by atoms with Gasteiger partial charge in [-0.05, 0) is 30.2 Å². The Bertz CT molecular complexity index is 1280. The number of hydrogen-bond donors (Lipinski definition) is 1. The molecule has 1 aromatic carbocycles. The van der Waals surface area contributed by atoms with E-state index in [0.29, 0.717) is 24.0 Å². The molecule has 0 saturated carbocycles. The number of alkyl halides is 3. The van der Waals surface area contributed by atoms with Crippen molar-refractivity contribution < 1.29 is 27.9 Å². The standard InChI is InChI=1S/C21H20N4O2.C2HF3O2/c26-20-17-3-1-2-15-6-9-25(19(15)17)14-18(20)21(27)24-12-10-23(11-13-24)16-4-7-22-8-5-16;3-2(4,5)1(6)7/h1-5,7-8,14H,6,9-13H2;(H,6,7). The molecule has 1 amide bonds. The predicted molar refractivity (Wildman–Crippen MR) is 118 cm³/mol. The molecule has 8 nitrogen and oxygen atoms in total. The van der Waals surface area contributed by atoms with Crippen LogP contribution >= 0.6 is 0 Å². The Kier molecular flexibility index (Phi) is 6.27. The lowest BCUT2D eigenvalue weighted by Gasteiger charge is -2.36. The maximum Gasteiger partial charge on any atom is 0.490 e. The molecule has 5 rings (SSSR count). The smallest absolute Gasteiger partial charge is 0.475 e. The summed E-state index contributed by atoms with van der Waals surface area (Å²) in [5.74, 6) is -2.91. The molecule has 0 aliphatic carbocycles. The molecule has 0 unspecified atom stereocenters. The van der Waals surface area contributed by atoms with Crippen LogP contribution in [0, 0.1) is 0 Å². The van der Waals surface area contributed by atoms with Crippen LogP contribution in [0.1, 0.15) is 15.9 Å². The summed E-state index contributed by atoms with van der Waals surface area (Å²) in [4.78, 5) is 43.0. The van der Waals surface area contributed by atoms with Gasteiger partial charge in [0.25, 0.3) is 5.91 Å². The van der Waals surface area contributed by atoms with Crippen LogP contribution < -0.4 is 10.3 Å². The van der Waals surface area contributed by atoms with Crippen molar-refractivity contribution in [3.05, 3.63) is 70.3 Å². The Labute approximate surface area is 191 Å². The average molecular weight is 474 g/mol. The molecule has 34 heavy (non-hydrogen) atoms. The molecule has 11 heteroatoms. The summed E-state index contributed by atoms with van der Waals surface area (Å²) in [6, 6.07) is 9.77. The summed E-state index contributed by atoms with van der Waals surface area (Å²) in [5, 5.41) is 7.78. The minimum Gasteiger partial charge on any atom is -0.475 e. The van der Waals surface area contributed by atoms with Gasteiger partial charge >= 0.3 is 12.1 Å². The quantitative estimate of drug-likeness (QED) is 0.614. The number of anilines is 1. The number of pyridine rings is 2. The van der Waals surface area contributed by atoms with E-state index in [9.17, 15) is 22.8 Å². The second kappa shape index (κ2) is 9.16.